The molecule has 7 nitrogen and oxygen atoms in total. The highest BCUT2D eigenvalue weighted by atomic mass is 16.6. The molecular weight excluding hydrogens is 272 g/mol. The summed E-state index contributed by atoms with van der Waals surface area (Å²) < 4.78 is 5.11. The topological polar surface area (TPSA) is 93.2 Å². The minimum Gasteiger partial charge on any atom is -0.444 e. The number of amides is 2. The SMILES string of the molecule is CC(C)(C)OC(=O)Nc1ccc(/C=C2\CCNC2=O)nn1. The van der Waals surface area contributed by atoms with Gasteiger partial charge in [-0.05, 0) is 45.4 Å². The summed E-state index contributed by atoms with van der Waals surface area (Å²) in [5, 5.41) is 13.0. The summed E-state index contributed by atoms with van der Waals surface area (Å²) >= 11 is 0. The monoisotopic (exact) mass is 290 g/mol. The highest BCUT2D eigenvalue weighted by molar-refractivity contribution is 5.99. The molecule has 0 aliphatic carbocycles. The summed E-state index contributed by atoms with van der Waals surface area (Å²) in [5.41, 5.74) is 0.673. The van der Waals surface area contributed by atoms with Crippen molar-refractivity contribution < 1.29 is 14.3 Å². The molecule has 0 bridgehead atoms. The van der Waals surface area contributed by atoms with E-state index in [0.717, 1.165) is 0 Å². The first-order chi connectivity index (χ1) is 9.83. The first-order valence-corrected chi connectivity index (χ1v) is 6.66. The second kappa shape index (κ2) is 5.90. The zero-order valence-electron chi connectivity index (χ0n) is 12.3. The van der Waals surface area contributed by atoms with E-state index in [4.69, 9.17) is 4.74 Å². The molecule has 21 heavy (non-hydrogen) atoms. The van der Waals surface area contributed by atoms with Gasteiger partial charge in [-0.3, -0.25) is 10.1 Å². The van der Waals surface area contributed by atoms with Gasteiger partial charge in [0.1, 0.15) is 5.60 Å². The summed E-state index contributed by atoms with van der Waals surface area (Å²) in [4.78, 5) is 23.0. The van der Waals surface area contributed by atoms with Crippen LogP contribution in [0.3, 0.4) is 0 Å². The minimum absolute atomic E-state index is 0.0762. The molecule has 0 aromatic carbocycles. The molecule has 7 heteroatoms. The number of rotatable bonds is 2. The van der Waals surface area contributed by atoms with Crippen LogP contribution in [0.1, 0.15) is 32.9 Å². The van der Waals surface area contributed by atoms with Crippen LogP contribution in [0.4, 0.5) is 10.6 Å². The lowest BCUT2D eigenvalue weighted by molar-refractivity contribution is -0.116. The van der Waals surface area contributed by atoms with Crippen molar-refractivity contribution in [2.45, 2.75) is 32.8 Å². The number of carbonyl (C=O) groups is 2. The molecule has 112 valence electrons. The molecule has 2 rings (SSSR count). The third kappa shape index (κ3) is 4.55. The maximum Gasteiger partial charge on any atom is 0.413 e. The molecular formula is C14H18N4O3. The van der Waals surface area contributed by atoms with Crippen LogP contribution in [-0.4, -0.2) is 34.3 Å². The quantitative estimate of drug-likeness (QED) is 0.809. The van der Waals surface area contributed by atoms with Crippen molar-refractivity contribution in [2.24, 2.45) is 0 Å². The largest absolute Gasteiger partial charge is 0.444 e. The average molecular weight is 290 g/mol. The average Bonchev–Trinajstić information content (AvgIpc) is 2.75. The van der Waals surface area contributed by atoms with Gasteiger partial charge in [-0.25, -0.2) is 4.79 Å². The zero-order chi connectivity index (χ0) is 15.5. The van der Waals surface area contributed by atoms with Crippen molar-refractivity contribution in [3.05, 3.63) is 23.4 Å². The second-order valence-electron chi connectivity index (χ2n) is 5.65. The third-order valence-corrected chi connectivity index (χ3v) is 2.61. The minimum atomic E-state index is -0.585. The van der Waals surface area contributed by atoms with E-state index in [0.29, 0.717) is 30.1 Å². The Morgan fingerprint density at radius 2 is 2.14 bits per heavy atom. The van der Waals surface area contributed by atoms with Crippen molar-refractivity contribution in [3.8, 4) is 0 Å². The summed E-state index contributed by atoms with van der Waals surface area (Å²) in [6.45, 7) is 5.98. The Morgan fingerprint density at radius 3 is 2.67 bits per heavy atom. The summed E-state index contributed by atoms with van der Waals surface area (Å²) in [5.74, 6) is 0.218. The number of anilines is 1. The zero-order valence-corrected chi connectivity index (χ0v) is 12.3. The Bertz CT molecular complexity index is 573. The lowest BCUT2D eigenvalue weighted by Gasteiger charge is -2.19. The lowest BCUT2D eigenvalue weighted by Crippen LogP contribution is -2.27. The normalized spacial score (nSPS) is 16.7. The van der Waals surface area contributed by atoms with Crippen molar-refractivity contribution >= 4 is 23.9 Å². The molecule has 2 amide bonds. The molecule has 1 fully saturated rings. The molecule has 1 saturated heterocycles. The van der Waals surface area contributed by atoms with Crippen molar-refractivity contribution in [2.75, 3.05) is 11.9 Å². The van der Waals surface area contributed by atoms with E-state index in [1.807, 2.05) is 0 Å². The number of hydrogen-bond acceptors (Lipinski definition) is 5. The first kappa shape index (κ1) is 15.0. The Labute approximate surface area is 122 Å². The number of ether oxygens (including phenoxy) is 1. The molecule has 0 atom stereocenters. The number of nitrogens with one attached hydrogen (secondary N) is 2. The smallest absolute Gasteiger partial charge is 0.413 e. The fraction of sp³-hybridized carbons (Fsp3) is 0.429. The molecule has 1 aliphatic heterocycles. The van der Waals surface area contributed by atoms with Gasteiger partial charge in [0.2, 0.25) is 5.91 Å². The van der Waals surface area contributed by atoms with Crippen LogP contribution in [0.2, 0.25) is 0 Å². The fourth-order valence-electron chi connectivity index (χ4n) is 1.75. The second-order valence-corrected chi connectivity index (χ2v) is 5.65. The van der Waals surface area contributed by atoms with Crippen LogP contribution in [0.15, 0.2) is 17.7 Å². The Hall–Kier alpha value is -2.44. The Morgan fingerprint density at radius 1 is 1.38 bits per heavy atom. The molecule has 0 unspecified atom stereocenters. The molecule has 0 spiro atoms. The van der Waals surface area contributed by atoms with E-state index in [9.17, 15) is 9.59 Å². The van der Waals surface area contributed by atoms with Gasteiger partial charge in [0, 0.05) is 12.1 Å². The number of carbonyl (C=O) groups excluding carboxylic acids is 2. The summed E-state index contributed by atoms with van der Waals surface area (Å²) in [6, 6.07) is 3.29. The molecule has 0 saturated carbocycles. The standard InChI is InChI=1S/C14H18N4O3/c1-14(2,3)21-13(20)16-11-5-4-10(17-18-11)8-9-6-7-15-12(9)19/h4-5,8H,6-7H2,1-3H3,(H,15,19)(H,16,18,20)/b9-8+. The first-order valence-electron chi connectivity index (χ1n) is 6.66. The van der Waals surface area contributed by atoms with Gasteiger partial charge < -0.3 is 10.1 Å². The van der Waals surface area contributed by atoms with Gasteiger partial charge in [0.15, 0.2) is 5.82 Å². The molecule has 1 aromatic rings. The number of hydrogen-bond donors (Lipinski definition) is 2. The van der Waals surface area contributed by atoms with Gasteiger partial charge in [-0.1, -0.05) is 0 Å². The van der Waals surface area contributed by atoms with E-state index >= 15 is 0 Å². The van der Waals surface area contributed by atoms with Crippen molar-refractivity contribution in [1.82, 2.24) is 15.5 Å². The van der Waals surface area contributed by atoms with E-state index in [2.05, 4.69) is 20.8 Å². The number of aromatic nitrogens is 2. The van der Waals surface area contributed by atoms with Crippen molar-refractivity contribution in [1.29, 1.82) is 0 Å². The van der Waals surface area contributed by atoms with Crippen LogP contribution < -0.4 is 10.6 Å². The predicted octanol–water partition coefficient (Wildman–Crippen LogP) is 1.73. The Balaban J connectivity index is 1.99. The van der Waals surface area contributed by atoms with Crippen LogP contribution in [0.25, 0.3) is 6.08 Å². The Kier molecular flexibility index (Phi) is 4.21. The maximum atomic E-state index is 11.6. The highest BCUT2D eigenvalue weighted by Gasteiger charge is 2.17. The maximum absolute atomic E-state index is 11.6. The van der Waals surface area contributed by atoms with E-state index in [1.165, 1.54) is 0 Å². The number of nitrogens with zero attached hydrogens (tertiary/aromatic N) is 2. The van der Waals surface area contributed by atoms with E-state index in [-0.39, 0.29) is 5.91 Å². The fourth-order valence-corrected chi connectivity index (χ4v) is 1.75. The van der Waals surface area contributed by atoms with Crippen LogP contribution >= 0.6 is 0 Å². The molecule has 2 N–H and O–H groups in total. The van der Waals surface area contributed by atoms with Gasteiger partial charge in [0.25, 0.3) is 0 Å². The van der Waals surface area contributed by atoms with Crippen molar-refractivity contribution in [3.63, 3.8) is 0 Å². The summed E-state index contributed by atoms with van der Waals surface area (Å²) in [7, 11) is 0. The van der Waals surface area contributed by atoms with E-state index in [1.54, 1.807) is 39.0 Å². The van der Waals surface area contributed by atoms with Gasteiger partial charge >= 0.3 is 6.09 Å². The lowest BCUT2D eigenvalue weighted by atomic mass is 10.2. The molecule has 1 aliphatic rings. The summed E-state index contributed by atoms with van der Waals surface area (Å²) in [6.07, 6.45) is 1.78. The molecule has 2 heterocycles. The molecule has 0 radical (unpaired) electrons. The highest BCUT2D eigenvalue weighted by Crippen LogP contribution is 2.13. The van der Waals surface area contributed by atoms with Gasteiger partial charge in [-0.15, -0.1) is 10.2 Å². The van der Waals surface area contributed by atoms with Crippen LogP contribution in [0, 0.1) is 0 Å². The van der Waals surface area contributed by atoms with E-state index < -0.39 is 11.7 Å². The third-order valence-electron chi connectivity index (χ3n) is 2.61. The predicted molar refractivity (Wildman–Crippen MR) is 77.5 cm³/mol. The van der Waals surface area contributed by atoms with Gasteiger partial charge in [0.05, 0.1) is 5.69 Å². The molecule has 1 aromatic heterocycles. The van der Waals surface area contributed by atoms with Crippen LogP contribution in [0.5, 0.6) is 0 Å². The van der Waals surface area contributed by atoms with Gasteiger partial charge in [-0.2, -0.15) is 0 Å². The van der Waals surface area contributed by atoms with Crippen LogP contribution in [-0.2, 0) is 9.53 Å².